The summed E-state index contributed by atoms with van der Waals surface area (Å²) in [6.45, 7) is 3.57. The molecule has 3 heteroatoms. The van der Waals surface area contributed by atoms with Crippen LogP contribution in [0.25, 0.3) is 6.20 Å². The van der Waals surface area contributed by atoms with Crippen LogP contribution < -0.4 is 21.5 Å². The van der Waals surface area contributed by atoms with E-state index in [1.165, 1.54) is 0 Å². The van der Waals surface area contributed by atoms with Gasteiger partial charge in [-0.1, -0.05) is 11.3 Å². The largest absolute Gasteiger partial charge is 1.00 e. The standard InChI is InChI=1S/C5H6NS.BrH/c1-2-6-3-4-7-5-6;/h2-5H,1H2;1H/q+1;/p-1. The maximum absolute atomic E-state index is 3.57. The smallest absolute Gasteiger partial charge is 0.230 e. The van der Waals surface area contributed by atoms with Gasteiger partial charge in [0.25, 0.3) is 0 Å². The van der Waals surface area contributed by atoms with Gasteiger partial charge in [-0.25, -0.2) is 0 Å². The lowest BCUT2D eigenvalue weighted by Gasteiger charge is -1.66. The third-order valence-electron chi connectivity index (χ3n) is 0.705. The number of nitrogens with zero attached hydrogens (tertiary/aromatic N) is 1. The van der Waals surface area contributed by atoms with Gasteiger partial charge in [0.2, 0.25) is 5.51 Å². The van der Waals surface area contributed by atoms with Gasteiger partial charge < -0.3 is 17.0 Å². The second kappa shape index (κ2) is 3.80. The minimum atomic E-state index is 0. The van der Waals surface area contributed by atoms with Gasteiger partial charge in [0.1, 0.15) is 0 Å². The molecule has 1 nitrogen and oxygen atoms in total. The zero-order valence-electron chi connectivity index (χ0n) is 4.25. The van der Waals surface area contributed by atoms with Gasteiger partial charge >= 0.3 is 0 Å². The summed E-state index contributed by atoms with van der Waals surface area (Å²) in [6.07, 6.45) is 3.72. The van der Waals surface area contributed by atoms with E-state index in [4.69, 9.17) is 0 Å². The average Bonchev–Trinajstić information content (AvgIpc) is 2.14. The minimum Gasteiger partial charge on any atom is -1.00 e. The van der Waals surface area contributed by atoms with Crippen LogP contribution >= 0.6 is 11.3 Å². The molecule has 0 fully saturated rings. The lowest BCUT2D eigenvalue weighted by Crippen LogP contribution is -3.00. The minimum absolute atomic E-state index is 0. The second-order valence-corrected chi connectivity index (χ2v) is 1.91. The molecule has 0 saturated carbocycles. The van der Waals surface area contributed by atoms with Gasteiger partial charge in [0, 0.05) is 0 Å². The summed E-state index contributed by atoms with van der Waals surface area (Å²) in [6, 6.07) is 0. The highest BCUT2D eigenvalue weighted by atomic mass is 79.9. The molecule has 0 atom stereocenters. The molecule has 0 aliphatic rings. The Balaban J connectivity index is 0.000000490. The summed E-state index contributed by atoms with van der Waals surface area (Å²) in [4.78, 5) is 0. The van der Waals surface area contributed by atoms with Gasteiger partial charge in [-0.15, -0.1) is 0 Å². The summed E-state index contributed by atoms with van der Waals surface area (Å²) >= 11 is 1.66. The van der Waals surface area contributed by atoms with Gasteiger partial charge in [-0.05, 0) is 6.58 Å². The molecule has 0 aliphatic heterocycles. The number of rotatable bonds is 1. The molecule has 0 aromatic carbocycles. The molecule has 1 heterocycles. The van der Waals surface area contributed by atoms with Crippen LogP contribution in [0.2, 0.25) is 0 Å². The molecule has 44 valence electrons. The van der Waals surface area contributed by atoms with Crippen LogP contribution in [0.5, 0.6) is 0 Å². The Kier molecular flexibility index (Phi) is 3.73. The fourth-order valence-corrected chi connectivity index (χ4v) is 0.928. The second-order valence-electron chi connectivity index (χ2n) is 1.16. The fraction of sp³-hybridized carbons (Fsp3) is 0. The molecule has 8 heavy (non-hydrogen) atoms. The SMILES string of the molecule is C=C[n+]1ccsc1.[Br-]. The Bertz CT molecular complexity index is 147. The van der Waals surface area contributed by atoms with Crippen molar-refractivity contribution in [3.8, 4) is 0 Å². The van der Waals surface area contributed by atoms with Gasteiger partial charge in [0.05, 0.1) is 5.38 Å². The molecule has 0 unspecified atom stereocenters. The first-order chi connectivity index (χ1) is 3.43. The normalized spacial score (nSPS) is 7.50. The van der Waals surface area contributed by atoms with Crippen molar-refractivity contribution in [1.82, 2.24) is 0 Å². The highest BCUT2D eigenvalue weighted by Crippen LogP contribution is 1.85. The Morgan fingerprint density at radius 1 is 1.62 bits per heavy atom. The van der Waals surface area contributed by atoms with Crippen molar-refractivity contribution in [1.29, 1.82) is 0 Å². The highest BCUT2D eigenvalue weighted by Gasteiger charge is 1.86. The summed E-state index contributed by atoms with van der Waals surface area (Å²) in [5, 5.41) is 2.00. The van der Waals surface area contributed by atoms with Crippen molar-refractivity contribution in [3.05, 3.63) is 23.7 Å². The summed E-state index contributed by atoms with van der Waals surface area (Å²) < 4.78 is 1.91. The summed E-state index contributed by atoms with van der Waals surface area (Å²) in [5.41, 5.74) is 1.98. The van der Waals surface area contributed by atoms with E-state index >= 15 is 0 Å². The lowest BCUT2D eigenvalue weighted by atomic mass is 10.9. The van der Waals surface area contributed by atoms with Crippen LogP contribution in [0.4, 0.5) is 0 Å². The number of thiazole rings is 1. The zero-order valence-corrected chi connectivity index (χ0v) is 6.65. The van der Waals surface area contributed by atoms with Crippen molar-refractivity contribution >= 4 is 17.5 Å². The molecule has 1 aromatic heterocycles. The number of aromatic nitrogens is 1. The molecular weight excluding hydrogens is 186 g/mol. The molecule has 0 aliphatic carbocycles. The predicted octanol–water partition coefficient (Wildman–Crippen LogP) is -1.86. The van der Waals surface area contributed by atoms with E-state index < -0.39 is 0 Å². The Morgan fingerprint density at radius 2 is 2.38 bits per heavy atom. The maximum Gasteiger partial charge on any atom is 0.230 e. The number of hydrogen-bond donors (Lipinski definition) is 0. The third kappa shape index (κ3) is 1.76. The molecule has 0 bridgehead atoms. The van der Waals surface area contributed by atoms with E-state index in [2.05, 4.69) is 6.58 Å². The van der Waals surface area contributed by atoms with E-state index in [0.29, 0.717) is 0 Å². The molecule has 1 aromatic rings. The fourth-order valence-electron chi connectivity index (χ4n) is 0.350. The first kappa shape index (κ1) is 7.85. The van der Waals surface area contributed by atoms with E-state index in [1.54, 1.807) is 17.5 Å². The molecule has 0 radical (unpaired) electrons. The van der Waals surface area contributed by atoms with Crippen molar-refractivity contribution in [3.63, 3.8) is 0 Å². The Hall–Kier alpha value is -0.150. The monoisotopic (exact) mass is 191 g/mol. The quantitative estimate of drug-likeness (QED) is 0.459. The Morgan fingerprint density at radius 3 is 2.62 bits per heavy atom. The summed E-state index contributed by atoms with van der Waals surface area (Å²) in [5.74, 6) is 0. The third-order valence-corrected chi connectivity index (χ3v) is 1.35. The molecule has 0 amide bonds. The average molecular weight is 192 g/mol. The van der Waals surface area contributed by atoms with Crippen molar-refractivity contribution in [2.75, 3.05) is 0 Å². The lowest BCUT2D eigenvalue weighted by molar-refractivity contribution is -0.562. The van der Waals surface area contributed by atoms with Gasteiger partial charge in [-0.3, -0.25) is 0 Å². The van der Waals surface area contributed by atoms with Gasteiger partial charge in [0.15, 0.2) is 12.4 Å². The first-order valence-electron chi connectivity index (χ1n) is 1.99. The number of hydrogen-bond acceptors (Lipinski definition) is 1. The topological polar surface area (TPSA) is 3.88 Å². The van der Waals surface area contributed by atoms with Crippen LogP contribution in [0, 0.1) is 0 Å². The van der Waals surface area contributed by atoms with E-state index in [1.807, 2.05) is 21.7 Å². The van der Waals surface area contributed by atoms with E-state index in [-0.39, 0.29) is 17.0 Å². The zero-order chi connectivity index (χ0) is 5.11. The first-order valence-corrected chi connectivity index (χ1v) is 2.93. The Labute approximate surface area is 63.1 Å². The number of halogens is 1. The van der Waals surface area contributed by atoms with Gasteiger partial charge in [-0.2, -0.15) is 4.57 Å². The van der Waals surface area contributed by atoms with Crippen molar-refractivity contribution < 1.29 is 21.5 Å². The molecule has 0 saturated heterocycles. The van der Waals surface area contributed by atoms with Crippen molar-refractivity contribution in [2.45, 2.75) is 0 Å². The van der Waals surface area contributed by atoms with Crippen LogP contribution in [0.1, 0.15) is 0 Å². The molecule has 1 rings (SSSR count). The van der Waals surface area contributed by atoms with E-state index in [0.717, 1.165) is 0 Å². The van der Waals surface area contributed by atoms with Crippen LogP contribution in [-0.4, -0.2) is 0 Å². The van der Waals surface area contributed by atoms with Crippen LogP contribution in [0.3, 0.4) is 0 Å². The molecule has 0 spiro atoms. The molecular formula is C5H6BrNS. The predicted molar refractivity (Wildman–Crippen MR) is 30.9 cm³/mol. The summed E-state index contributed by atoms with van der Waals surface area (Å²) in [7, 11) is 0. The van der Waals surface area contributed by atoms with E-state index in [9.17, 15) is 0 Å². The molecule has 0 N–H and O–H groups in total. The van der Waals surface area contributed by atoms with Crippen LogP contribution in [-0.2, 0) is 0 Å². The van der Waals surface area contributed by atoms with Crippen LogP contribution in [0.15, 0.2) is 23.7 Å². The van der Waals surface area contributed by atoms with Crippen molar-refractivity contribution in [2.24, 2.45) is 0 Å². The highest BCUT2D eigenvalue weighted by molar-refractivity contribution is 7.07. The maximum atomic E-state index is 3.57.